The second-order valence-corrected chi connectivity index (χ2v) is 5.88. The summed E-state index contributed by atoms with van der Waals surface area (Å²) in [5.41, 5.74) is 1.80. The second kappa shape index (κ2) is 7.97. The van der Waals surface area contributed by atoms with E-state index in [1.165, 1.54) is 6.07 Å². The van der Waals surface area contributed by atoms with Gasteiger partial charge in [0, 0.05) is 38.3 Å². The molecule has 3 nitrogen and oxygen atoms in total. The van der Waals surface area contributed by atoms with Crippen molar-refractivity contribution in [2.24, 2.45) is 0 Å². The molecule has 3 rings (SSSR count). The predicted molar refractivity (Wildman–Crippen MR) is 97.1 cm³/mol. The number of hydrogen-bond donors (Lipinski definition) is 0. The lowest BCUT2D eigenvalue weighted by atomic mass is 10.2. The van der Waals surface area contributed by atoms with E-state index in [1.54, 1.807) is 13.2 Å². The van der Waals surface area contributed by atoms with Crippen LogP contribution >= 0.6 is 0 Å². The number of anilines is 1. The van der Waals surface area contributed by atoms with Crippen LogP contribution in [0.15, 0.2) is 54.6 Å². The van der Waals surface area contributed by atoms with E-state index in [-0.39, 0.29) is 5.82 Å². The van der Waals surface area contributed by atoms with Gasteiger partial charge in [0.1, 0.15) is 11.6 Å². The molecule has 1 heterocycles. The fourth-order valence-electron chi connectivity index (χ4n) is 3.01. The maximum absolute atomic E-state index is 13.9. The summed E-state index contributed by atoms with van der Waals surface area (Å²) in [6.07, 6.45) is 4.26. The van der Waals surface area contributed by atoms with Crippen LogP contribution in [-0.2, 0) is 0 Å². The van der Waals surface area contributed by atoms with E-state index in [4.69, 9.17) is 4.74 Å². The van der Waals surface area contributed by atoms with Crippen molar-refractivity contribution >= 4 is 11.8 Å². The number of piperazine rings is 1. The number of ether oxygens (including phenoxy) is 1. The minimum absolute atomic E-state index is 0.137. The van der Waals surface area contributed by atoms with E-state index < -0.39 is 0 Å². The number of hydrogen-bond acceptors (Lipinski definition) is 3. The molecule has 0 amide bonds. The van der Waals surface area contributed by atoms with Gasteiger partial charge in [0.05, 0.1) is 12.8 Å². The Kier molecular flexibility index (Phi) is 5.49. The summed E-state index contributed by atoms with van der Waals surface area (Å²) in [5, 5.41) is 0. The predicted octanol–water partition coefficient (Wildman–Crippen LogP) is 3.67. The van der Waals surface area contributed by atoms with E-state index in [0.717, 1.165) is 44.0 Å². The topological polar surface area (TPSA) is 15.7 Å². The quantitative estimate of drug-likeness (QED) is 0.834. The molecule has 2 aromatic carbocycles. The summed E-state index contributed by atoms with van der Waals surface area (Å²) in [6.45, 7) is 4.46. The minimum Gasteiger partial charge on any atom is -0.496 e. The smallest absolute Gasteiger partial charge is 0.146 e. The molecule has 0 radical (unpaired) electrons. The molecular weight excluding hydrogens is 303 g/mol. The van der Waals surface area contributed by atoms with Crippen molar-refractivity contribution in [3.8, 4) is 5.75 Å². The average molecular weight is 326 g/mol. The van der Waals surface area contributed by atoms with Gasteiger partial charge in [0.15, 0.2) is 0 Å². The van der Waals surface area contributed by atoms with Crippen molar-refractivity contribution in [3.05, 3.63) is 66.0 Å². The number of benzene rings is 2. The monoisotopic (exact) mass is 326 g/mol. The van der Waals surface area contributed by atoms with Crippen molar-refractivity contribution in [2.75, 3.05) is 44.7 Å². The van der Waals surface area contributed by atoms with Gasteiger partial charge in [0.2, 0.25) is 0 Å². The maximum atomic E-state index is 13.9. The molecule has 0 spiro atoms. The van der Waals surface area contributed by atoms with Crippen LogP contribution in [0.1, 0.15) is 5.56 Å². The number of methoxy groups -OCH3 is 1. The van der Waals surface area contributed by atoms with Crippen LogP contribution in [0.4, 0.5) is 10.1 Å². The zero-order chi connectivity index (χ0) is 16.8. The summed E-state index contributed by atoms with van der Waals surface area (Å²) in [6, 6.07) is 15.0. The first-order valence-corrected chi connectivity index (χ1v) is 8.29. The van der Waals surface area contributed by atoms with Gasteiger partial charge in [-0.1, -0.05) is 42.5 Å². The van der Waals surface area contributed by atoms with Crippen molar-refractivity contribution in [2.45, 2.75) is 0 Å². The molecule has 0 unspecified atom stereocenters. The molecule has 0 atom stereocenters. The summed E-state index contributed by atoms with van der Waals surface area (Å²) in [7, 11) is 1.69. The third-order valence-electron chi connectivity index (χ3n) is 4.37. The van der Waals surface area contributed by atoms with E-state index in [9.17, 15) is 4.39 Å². The third-order valence-corrected chi connectivity index (χ3v) is 4.37. The van der Waals surface area contributed by atoms with Crippen LogP contribution in [0.2, 0.25) is 0 Å². The van der Waals surface area contributed by atoms with E-state index in [2.05, 4.69) is 22.0 Å². The van der Waals surface area contributed by atoms with Crippen LogP contribution in [0, 0.1) is 5.82 Å². The Balaban J connectivity index is 1.52. The molecule has 1 saturated heterocycles. The summed E-state index contributed by atoms with van der Waals surface area (Å²) in [5.74, 6) is 0.750. The molecule has 0 bridgehead atoms. The minimum atomic E-state index is -0.137. The molecule has 126 valence electrons. The number of para-hydroxylation sites is 2. The molecule has 24 heavy (non-hydrogen) atoms. The van der Waals surface area contributed by atoms with Gasteiger partial charge in [-0.15, -0.1) is 0 Å². The third kappa shape index (κ3) is 3.95. The summed E-state index contributed by atoms with van der Waals surface area (Å²) < 4.78 is 19.2. The fourth-order valence-corrected chi connectivity index (χ4v) is 3.01. The number of nitrogens with zero attached hydrogens (tertiary/aromatic N) is 2. The molecule has 0 aromatic heterocycles. The Morgan fingerprint density at radius 1 is 1.00 bits per heavy atom. The second-order valence-electron chi connectivity index (χ2n) is 5.88. The zero-order valence-electron chi connectivity index (χ0n) is 14.0. The van der Waals surface area contributed by atoms with Crippen molar-refractivity contribution in [1.82, 2.24) is 4.90 Å². The van der Waals surface area contributed by atoms with E-state index >= 15 is 0 Å². The Hall–Kier alpha value is -2.33. The Morgan fingerprint density at radius 2 is 1.71 bits per heavy atom. The molecule has 1 aliphatic rings. The van der Waals surface area contributed by atoms with Gasteiger partial charge in [-0.3, -0.25) is 4.90 Å². The first-order valence-electron chi connectivity index (χ1n) is 8.29. The lowest BCUT2D eigenvalue weighted by molar-refractivity contribution is 0.283. The highest BCUT2D eigenvalue weighted by Crippen LogP contribution is 2.21. The molecule has 4 heteroatoms. The van der Waals surface area contributed by atoms with E-state index in [1.807, 2.05) is 36.4 Å². The van der Waals surface area contributed by atoms with Crippen LogP contribution in [0.3, 0.4) is 0 Å². The van der Waals surface area contributed by atoms with Crippen molar-refractivity contribution < 1.29 is 9.13 Å². The maximum Gasteiger partial charge on any atom is 0.146 e. The van der Waals surface area contributed by atoms with Crippen LogP contribution in [0.5, 0.6) is 5.75 Å². The molecule has 1 fully saturated rings. The van der Waals surface area contributed by atoms with Crippen LogP contribution in [-0.4, -0.2) is 44.7 Å². The highest BCUT2D eigenvalue weighted by molar-refractivity contribution is 5.57. The molecule has 2 aromatic rings. The summed E-state index contributed by atoms with van der Waals surface area (Å²) in [4.78, 5) is 4.50. The van der Waals surface area contributed by atoms with Gasteiger partial charge in [-0.2, -0.15) is 0 Å². The number of halogens is 1. The van der Waals surface area contributed by atoms with Crippen molar-refractivity contribution in [1.29, 1.82) is 0 Å². The first-order chi connectivity index (χ1) is 11.8. The summed E-state index contributed by atoms with van der Waals surface area (Å²) >= 11 is 0. The highest BCUT2D eigenvalue weighted by Gasteiger charge is 2.18. The van der Waals surface area contributed by atoms with Crippen LogP contribution < -0.4 is 9.64 Å². The average Bonchev–Trinajstić information content (AvgIpc) is 2.63. The molecule has 1 aliphatic heterocycles. The Labute approximate surface area is 143 Å². The Morgan fingerprint density at radius 3 is 2.46 bits per heavy atom. The lowest BCUT2D eigenvalue weighted by Crippen LogP contribution is -2.46. The largest absolute Gasteiger partial charge is 0.496 e. The normalized spacial score (nSPS) is 15.8. The van der Waals surface area contributed by atoms with Crippen molar-refractivity contribution in [3.63, 3.8) is 0 Å². The highest BCUT2D eigenvalue weighted by atomic mass is 19.1. The fraction of sp³-hybridized carbons (Fsp3) is 0.300. The van der Waals surface area contributed by atoms with Gasteiger partial charge in [-0.25, -0.2) is 4.39 Å². The number of rotatable bonds is 5. The lowest BCUT2D eigenvalue weighted by Gasteiger charge is -2.35. The van der Waals surface area contributed by atoms with Gasteiger partial charge >= 0.3 is 0 Å². The molecule has 0 saturated carbocycles. The van der Waals surface area contributed by atoms with Gasteiger partial charge < -0.3 is 9.64 Å². The Bertz CT molecular complexity index is 694. The SMILES string of the molecule is COc1ccccc1/C=C/CN1CCN(c2ccccc2F)CC1. The van der Waals surface area contributed by atoms with Crippen LogP contribution in [0.25, 0.3) is 6.08 Å². The van der Waals surface area contributed by atoms with Gasteiger partial charge in [-0.05, 0) is 18.2 Å². The first kappa shape index (κ1) is 16.5. The molecule has 0 N–H and O–H groups in total. The molecule has 0 aliphatic carbocycles. The van der Waals surface area contributed by atoms with Gasteiger partial charge in [0.25, 0.3) is 0 Å². The zero-order valence-corrected chi connectivity index (χ0v) is 14.0. The molecular formula is C20H23FN2O. The van der Waals surface area contributed by atoms with E-state index in [0.29, 0.717) is 5.69 Å². The standard InChI is InChI=1S/C20H23FN2O/c1-24-20-11-5-2-7-17(20)8-6-12-22-13-15-23(16-14-22)19-10-4-3-9-18(19)21/h2-11H,12-16H2,1H3/b8-6+.